The molecule has 0 spiro atoms. The van der Waals surface area contributed by atoms with Gasteiger partial charge in [0.1, 0.15) is 0 Å². The summed E-state index contributed by atoms with van der Waals surface area (Å²) in [6.45, 7) is 3.62. The highest BCUT2D eigenvalue weighted by Gasteiger charge is 2.17. The van der Waals surface area contributed by atoms with Crippen molar-refractivity contribution in [3.63, 3.8) is 0 Å². The minimum atomic E-state index is -3.47. The Hall–Kier alpha value is -1.96. The Morgan fingerprint density at radius 1 is 1.37 bits per heavy atom. The summed E-state index contributed by atoms with van der Waals surface area (Å²) < 4.78 is 23.5. The molecule has 0 aliphatic carbocycles. The summed E-state index contributed by atoms with van der Waals surface area (Å²) >= 11 is 0. The van der Waals surface area contributed by atoms with Gasteiger partial charge >= 0.3 is 6.03 Å². The van der Waals surface area contributed by atoms with Crippen molar-refractivity contribution in [2.45, 2.75) is 18.7 Å². The molecule has 0 aromatic heterocycles. The number of carbonyl (C=O) groups excluding carboxylic acids is 1. The van der Waals surface area contributed by atoms with E-state index >= 15 is 0 Å². The van der Waals surface area contributed by atoms with E-state index in [9.17, 15) is 18.3 Å². The van der Waals surface area contributed by atoms with Crippen molar-refractivity contribution in [3.8, 4) is 5.75 Å². The van der Waals surface area contributed by atoms with Gasteiger partial charge in [-0.3, -0.25) is 0 Å². The van der Waals surface area contributed by atoms with Crippen molar-refractivity contribution in [2.24, 2.45) is 0 Å². The molecule has 1 rings (SSSR count). The number of amides is 2. The van der Waals surface area contributed by atoms with Crippen molar-refractivity contribution in [2.75, 3.05) is 23.3 Å². The quantitative estimate of drug-likeness (QED) is 0.484. The molecule has 5 N–H and O–H groups in total. The molecule has 0 aliphatic heterocycles. The number of benzene rings is 1. The van der Waals surface area contributed by atoms with E-state index in [1.165, 1.54) is 13.0 Å². The third kappa shape index (κ3) is 3.50. The zero-order chi connectivity index (χ0) is 14.6. The molecule has 0 radical (unpaired) electrons. The molecule has 1 aromatic carbocycles. The van der Waals surface area contributed by atoms with Crippen molar-refractivity contribution in [1.82, 2.24) is 5.32 Å². The summed E-state index contributed by atoms with van der Waals surface area (Å²) in [6.07, 6.45) is 0. The molecule has 0 aliphatic rings. The van der Waals surface area contributed by atoms with Crippen LogP contribution < -0.4 is 16.4 Å². The van der Waals surface area contributed by atoms with Crippen LogP contribution in [0.25, 0.3) is 0 Å². The summed E-state index contributed by atoms with van der Waals surface area (Å²) in [5.74, 6) is -0.459. The molecule has 2 amide bonds. The summed E-state index contributed by atoms with van der Waals surface area (Å²) in [4.78, 5) is 11.3. The Bertz CT molecular complexity index is 584. The van der Waals surface area contributed by atoms with Gasteiger partial charge in [-0.1, -0.05) is 6.92 Å². The highest BCUT2D eigenvalue weighted by Crippen LogP contribution is 2.33. The Labute approximate surface area is 111 Å². The van der Waals surface area contributed by atoms with E-state index in [0.29, 0.717) is 6.54 Å². The fourth-order valence-electron chi connectivity index (χ4n) is 1.40. The maximum atomic E-state index is 11.8. The lowest BCUT2D eigenvalue weighted by Gasteiger charge is -2.12. The fourth-order valence-corrected chi connectivity index (χ4v) is 2.34. The molecule has 0 saturated heterocycles. The first-order valence-electron chi connectivity index (χ1n) is 5.72. The van der Waals surface area contributed by atoms with Crippen molar-refractivity contribution < 1.29 is 18.3 Å². The number of rotatable bonds is 4. The summed E-state index contributed by atoms with van der Waals surface area (Å²) in [6, 6.07) is 1.79. The first kappa shape index (κ1) is 15.1. The lowest BCUT2D eigenvalue weighted by atomic mass is 10.2. The molecule has 0 unspecified atom stereocenters. The molecule has 0 fully saturated rings. The maximum Gasteiger partial charge on any atom is 0.319 e. The molecule has 0 saturated carbocycles. The number of phenolic OH excluding ortho intramolecular Hbond substituents is 1. The highest BCUT2D eigenvalue weighted by atomic mass is 32.2. The summed E-state index contributed by atoms with van der Waals surface area (Å²) in [5, 5.41) is 14.5. The van der Waals surface area contributed by atoms with Crippen LogP contribution in [0, 0.1) is 0 Å². The highest BCUT2D eigenvalue weighted by molar-refractivity contribution is 7.91. The number of nitrogens with two attached hydrogens (primary N) is 1. The number of nitrogen functional groups attached to an aromatic ring is 1. The lowest BCUT2D eigenvalue weighted by molar-refractivity contribution is 0.252. The molecule has 0 bridgehead atoms. The van der Waals surface area contributed by atoms with E-state index in [1.807, 2.05) is 0 Å². The maximum absolute atomic E-state index is 11.8. The average molecular weight is 287 g/mol. The van der Waals surface area contributed by atoms with Gasteiger partial charge in [0.2, 0.25) is 0 Å². The largest absolute Gasteiger partial charge is 0.504 e. The van der Waals surface area contributed by atoms with E-state index < -0.39 is 15.9 Å². The second-order valence-electron chi connectivity index (χ2n) is 3.80. The Balaban J connectivity index is 3.22. The van der Waals surface area contributed by atoms with E-state index in [1.54, 1.807) is 6.92 Å². The number of hydrogen-bond donors (Lipinski definition) is 4. The number of urea groups is 1. The Morgan fingerprint density at radius 3 is 2.53 bits per heavy atom. The third-order valence-electron chi connectivity index (χ3n) is 2.44. The van der Waals surface area contributed by atoms with E-state index in [0.717, 1.165) is 6.07 Å². The van der Waals surface area contributed by atoms with Crippen molar-refractivity contribution in [3.05, 3.63) is 12.1 Å². The lowest BCUT2D eigenvalue weighted by Crippen LogP contribution is -2.28. The number of phenols is 1. The number of hydrogen-bond acceptors (Lipinski definition) is 5. The minimum Gasteiger partial charge on any atom is -0.504 e. The number of anilines is 2. The molecular weight excluding hydrogens is 270 g/mol. The Kier molecular flexibility index (Phi) is 4.60. The average Bonchev–Trinajstić information content (AvgIpc) is 2.34. The van der Waals surface area contributed by atoms with Crippen LogP contribution in [0.15, 0.2) is 17.0 Å². The van der Waals surface area contributed by atoms with Gasteiger partial charge < -0.3 is 21.5 Å². The van der Waals surface area contributed by atoms with Gasteiger partial charge in [0.25, 0.3) is 0 Å². The molecule has 7 nitrogen and oxygen atoms in total. The number of aromatic hydroxyl groups is 1. The minimum absolute atomic E-state index is 0.0435. The van der Waals surface area contributed by atoms with Gasteiger partial charge in [0, 0.05) is 6.54 Å². The summed E-state index contributed by atoms with van der Waals surface area (Å²) in [5.41, 5.74) is 5.38. The van der Waals surface area contributed by atoms with Crippen LogP contribution in [0.1, 0.15) is 13.8 Å². The third-order valence-corrected chi connectivity index (χ3v) is 4.15. The number of nitrogens with one attached hydrogen (secondary N) is 2. The van der Waals surface area contributed by atoms with Gasteiger partial charge in [0.15, 0.2) is 15.6 Å². The summed E-state index contributed by atoms with van der Waals surface area (Å²) in [7, 11) is -3.47. The normalized spacial score (nSPS) is 11.1. The molecule has 0 heterocycles. The van der Waals surface area contributed by atoms with E-state index in [4.69, 9.17) is 5.73 Å². The van der Waals surface area contributed by atoms with Crippen LogP contribution in [-0.4, -0.2) is 31.9 Å². The van der Waals surface area contributed by atoms with Crippen LogP contribution in [0.3, 0.4) is 0 Å². The SMILES string of the molecule is CCNC(=O)Nc1cc(S(=O)(=O)CC)cc(N)c1O. The zero-order valence-corrected chi connectivity index (χ0v) is 11.5. The van der Waals surface area contributed by atoms with Gasteiger partial charge in [-0.25, -0.2) is 13.2 Å². The van der Waals surface area contributed by atoms with E-state index in [-0.39, 0.29) is 27.8 Å². The van der Waals surface area contributed by atoms with Crippen LogP contribution in [0.5, 0.6) is 5.75 Å². The number of carbonyl (C=O) groups is 1. The molecule has 0 atom stereocenters. The zero-order valence-electron chi connectivity index (χ0n) is 10.7. The molecule has 1 aromatic rings. The monoisotopic (exact) mass is 287 g/mol. The molecular formula is C11H17N3O4S. The molecule has 106 valence electrons. The first-order chi connectivity index (χ1) is 8.81. The van der Waals surface area contributed by atoms with Crippen LogP contribution in [-0.2, 0) is 9.84 Å². The molecule has 8 heteroatoms. The predicted octanol–water partition coefficient (Wildman–Crippen LogP) is 0.909. The van der Waals surface area contributed by atoms with Crippen LogP contribution in [0.4, 0.5) is 16.2 Å². The standard InChI is InChI=1S/C11H17N3O4S/c1-3-13-11(16)14-9-6-7(19(17,18)4-2)5-8(12)10(9)15/h5-6,15H,3-4,12H2,1-2H3,(H2,13,14,16). The van der Waals surface area contributed by atoms with Crippen molar-refractivity contribution in [1.29, 1.82) is 0 Å². The van der Waals surface area contributed by atoms with E-state index in [2.05, 4.69) is 10.6 Å². The van der Waals surface area contributed by atoms with Gasteiger partial charge in [0.05, 0.1) is 22.0 Å². The number of sulfone groups is 1. The second kappa shape index (κ2) is 5.79. The van der Waals surface area contributed by atoms with Crippen LogP contribution in [0.2, 0.25) is 0 Å². The van der Waals surface area contributed by atoms with Crippen LogP contribution >= 0.6 is 0 Å². The van der Waals surface area contributed by atoms with Crippen molar-refractivity contribution >= 4 is 27.2 Å². The first-order valence-corrected chi connectivity index (χ1v) is 7.37. The fraction of sp³-hybridized carbons (Fsp3) is 0.364. The smallest absolute Gasteiger partial charge is 0.319 e. The second-order valence-corrected chi connectivity index (χ2v) is 6.07. The van der Waals surface area contributed by atoms with Gasteiger partial charge in [-0.15, -0.1) is 0 Å². The topological polar surface area (TPSA) is 122 Å². The molecule has 19 heavy (non-hydrogen) atoms. The van der Waals surface area contributed by atoms with Gasteiger partial charge in [-0.05, 0) is 19.1 Å². The predicted molar refractivity (Wildman–Crippen MR) is 72.9 cm³/mol. The van der Waals surface area contributed by atoms with Gasteiger partial charge in [-0.2, -0.15) is 0 Å². The Morgan fingerprint density at radius 2 is 2.00 bits per heavy atom.